The van der Waals surface area contributed by atoms with E-state index in [1.165, 1.54) is 6.42 Å². The zero-order valence-electron chi connectivity index (χ0n) is 8.71. The molecule has 2 N–H and O–H groups in total. The third-order valence-electron chi connectivity index (χ3n) is 2.45. The maximum absolute atomic E-state index is 5.85. The van der Waals surface area contributed by atoms with Crippen LogP contribution >= 0.6 is 0 Å². The predicted octanol–water partition coefficient (Wildman–Crippen LogP) is 1.97. The lowest BCUT2D eigenvalue weighted by Gasteiger charge is -2.36. The quantitative estimate of drug-likeness (QED) is 0.710. The summed E-state index contributed by atoms with van der Waals surface area (Å²) in [5, 5.41) is 0. The van der Waals surface area contributed by atoms with E-state index in [1.807, 2.05) is 6.92 Å². The molecule has 0 aromatic rings. The lowest BCUT2D eigenvalue weighted by Crippen LogP contribution is -2.50. The molecule has 1 aliphatic rings. The molecule has 0 amide bonds. The fraction of sp³-hybridized carbons (Fsp3) is 1.00. The summed E-state index contributed by atoms with van der Waals surface area (Å²) < 4.78 is 11.7. The largest absolute Gasteiger partial charge is 0.394 e. The molecule has 0 radical (unpaired) electrons. The summed E-state index contributed by atoms with van der Waals surface area (Å²) in [4.78, 5) is 0. The Kier molecular flexibility index (Phi) is 4.38. The summed E-state index contributed by atoms with van der Waals surface area (Å²) in [6.07, 6.45) is 3.23. The first-order valence-corrected chi connectivity index (χ1v) is 7.53. The number of hydrogen-bond donors (Lipinski definition) is 1. The molecule has 0 aliphatic carbocycles. The normalized spacial score (nSPS) is 34.8. The summed E-state index contributed by atoms with van der Waals surface area (Å²) >= 11 is 0. The van der Waals surface area contributed by atoms with Gasteiger partial charge >= 0.3 is 8.56 Å². The van der Waals surface area contributed by atoms with Crippen molar-refractivity contribution in [3.05, 3.63) is 0 Å². The van der Waals surface area contributed by atoms with Crippen LogP contribution in [-0.4, -0.2) is 21.4 Å². The monoisotopic (exact) mass is 203 g/mol. The van der Waals surface area contributed by atoms with Gasteiger partial charge in [0.2, 0.25) is 0 Å². The van der Waals surface area contributed by atoms with E-state index < -0.39 is 8.56 Å². The van der Waals surface area contributed by atoms with Crippen molar-refractivity contribution < 1.29 is 8.85 Å². The molecule has 4 heteroatoms. The van der Waals surface area contributed by atoms with Crippen molar-refractivity contribution in [3.8, 4) is 0 Å². The third kappa shape index (κ3) is 3.05. The van der Waals surface area contributed by atoms with Gasteiger partial charge in [-0.2, -0.15) is 0 Å². The Bertz CT molecular complexity index is 143. The highest BCUT2D eigenvalue weighted by Gasteiger charge is 2.40. The van der Waals surface area contributed by atoms with Gasteiger partial charge in [0, 0.05) is 6.61 Å². The molecule has 78 valence electrons. The Balaban J connectivity index is 2.53. The standard InChI is InChI=1S/C9H21NO2Si/c1-3-7-13(11-4-2)8-5-6-9(10)12-13/h9H,3-8,10H2,1-2H3. The van der Waals surface area contributed by atoms with E-state index in [9.17, 15) is 0 Å². The minimum Gasteiger partial charge on any atom is -0.394 e. The van der Waals surface area contributed by atoms with Crippen molar-refractivity contribution >= 4 is 8.56 Å². The van der Waals surface area contributed by atoms with Crippen molar-refractivity contribution in [2.45, 2.75) is 51.4 Å². The van der Waals surface area contributed by atoms with Crippen LogP contribution in [0.2, 0.25) is 12.1 Å². The van der Waals surface area contributed by atoms with Gasteiger partial charge in [-0.15, -0.1) is 0 Å². The molecular formula is C9H21NO2Si. The van der Waals surface area contributed by atoms with E-state index in [4.69, 9.17) is 14.6 Å². The second-order valence-corrected chi connectivity index (χ2v) is 6.99. The third-order valence-corrected chi connectivity index (χ3v) is 6.38. The van der Waals surface area contributed by atoms with Crippen LogP contribution in [-0.2, 0) is 8.85 Å². The van der Waals surface area contributed by atoms with Gasteiger partial charge in [0.15, 0.2) is 0 Å². The van der Waals surface area contributed by atoms with E-state index >= 15 is 0 Å². The first kappa shape index (κ1) is 11.2. The average molecular weight is 203 g/mol. The maximum atomic E-state index is 5.85. The van der Waals surface area contributed by atoms with Gasteiger partial charge in [0.25, 0.3) is 0 Å². The fourth-order valence-corrected chi connectivity index (χ4v) is 5.52. The minimum atomic E-state index is -1.87. The number of hydrogen-bond acceptors (Lipinski definition) is 3. The van der Waals surface area contributed by atoms with Gasteiger partial charge < -0.3 is 14.6 Å². The predicted molar refractivity (Wildman–Crippen MR) is 55.6 cm³/mol. The Labute approximate surface area is 81.8 Å². The molecule has 13 heavy (non-hydrogen) atoms. The van der Waals surface area contributed by atoms with E-state index in [0.717, 1.165) is 31.5 Å². The molecule has 0 bridgehead atoms. The van der Waals surface area contributed by atoms with E-state index in [0.29, 0.717) is 0 Å². The van der Waals surface area contributed by atoms with Crippen molar-refractivity contribution in [2.24, 2.45) is 5.73 Å². The zero-order valence-corrected chi connectivity index (χ0v) is 9.71. The Morgan fingerprint density at radius 2 is 2.31 bits per heavy atom. The fourth-order valence-electron chi connectivity index (χ4n) is 1.97. The summed E-state index contributed by atoms with van der Waals surface area (Å²) in [6, 6.07) is 2.22. The molecule has 1 heterocycles. The number of rotatable bonds is 4. The molecule has 1 saturated heterocycles. The molecule has 0 aromatic heterocycles. The van der Waals surface area contributed by atoms with Crippen LogP contribution in [0.15, 0.2) is 0 Å². The molecule has 3 nitrogen and oxygen atoms in total. The van der Waals surface area contributed by atoms with Crippen molar-refractivity contribution in [1.29, 1.82) is 0 Å². The molecular weight excluding hydrogens is 182 g/mol. The van der Waals surface area contributed by atoms with Gasteiger partial charge in [0.05, 0.1) is 6.23 Å². The van der Waals surface area contributed by atoms with E-state index in [1.54, 1.807) is 0 Å². The van der Waals surface area contributed by atoms with Crippen LogP contribution in [0.5, 0.6) is 0 Å². The molecule has 2 unspecified atom stereocenters. The molecule has 1 aliphatic heterocycles. The summed E-state index contributed by atoms with van der Waals surface area (Å²) in [5.41, 5.74) is 5.80. The lowest BCUT2D eigenvalue weighted by molar-refractivity contribution is 0.0931. The Morgan fingerprint density at radius 1 is 1.54 bits per heavy atom. The lowest BCUT2D eigenvalue weighted by atomic mass is 10.3. The van der Waals surface area contributed by atoms with Gasteiger partial charge in [-0.25, -0.2) is 0 Å². The van der Waals surface area contributed by atoms with Crippen molar-refractivity contribution in [2.75, 3.05) is 6.61 Å². The summed E-state index contributed by atoms with van der Waals surface area (Å²) in [7, 11) is -1.87. The average Bonchev–Trinajstić information content (AvgIpc) is 2.04. The molecule has 0 aromatic carbocycles. The van der Waals surface area contributed by atoms with Crippen LogP contribution in [0.4, 0.5) is 0 Å². The SMILES string of the molecule is CCC[Si]1(OCC)CCCC(N)O1. The topological polar surface area (TPSA) is 44.5 Å². The highest BCUT2D eigenvalue weighted by atomic mass is 28.4. The van der Waals surface area contributed by atoms with Crippen LogP contribution in [0.1, 0.15) is 33.1 Å². The second-order valence-electron chi connectivity index (χ2n) is 3.64. The van der Waals surface area contributed by atoms with Gasteiger partial charge in [-0.05, 0) is 31.9 Å². The highest BCUT2D eigenvalue weighted by molar-refractivity contribution is 6.67. The van der Waals surface area contributed by atoms with Crippen molar-refractivity contribution in [3.63, 3.8) is 0 Å². The van der Waals surface area contributed by atoms with Crippen molar-refractivity contribution in [1.82, 2.24) is 0 Å². The van der Waals surface area contributed by atoms with Crippen LogP contribution in [0.3, 0.4) is 0 Å². The first-order valence-electron chi connectivity index (χ1n) is 5.30. The molecule has 2 atom stereocenters. The number of nitrogens with two attached hydrogens (primary N) is 1. The molecule has 1 fully saturated rings. The molecule has 0 saturated carbocycles. The summed E-state index contributed by atoms with van der Waals surface area (Å²) in [6.45, 7) is 4.98. The van der Waals surface area contributed by atoms with Gasteiger partial charge in [-0.1, -0.05) is 13.3 Å². The Morgan fingerprint density at radius 3 is 2.85 bits per heavy atom. The van der Waals surface area contributed by atoms with E-state index in [-0.39, 0.29) is 6.23 Å². The van der Waals surface area contributed by atoms with Gasteiger partial charge in [0.1, 0.15) is 0 Å². The zero-order chi connectivity index (χ0) is 9.73. The van der Waals surface area contributed by atoms with Crippen LogP contribution in [0, 0.1) is 0 Å². The maximum Gasteiger partial charge on any atom is 0.339 e. The molecule has 0 spiro atoms. The highest BCUT2D eigenvalue weighted by Crippen LogP contribution is 2.29. The van der Waals surface area contributed by atoms with E-state index in [2.05, 4.69) is 6.92 Å². The summed E-state index contributed by atoms with van der Waals surface area (Å²) in [5.74, 6) is 0. The Hall–Kier alpha value is 0.0969. The smallest absolute Gasteiger partial charge is 0.339 e. The first-order chi connectivity index (χ1) is 6.22. The molecule has 1 rings (SSSR count). The second kappa shape index (κ2) is 5.10. The minimum absolute atomic E-state index is 0.0708. The van der Waals surface area contributed by atoms with Gasteiger partial charge in [-0.3, -0.25) is 0 Å². The van der Waals surface area contributed by atoms with Crippen LogP contribution < -0.4 is 5.73 Å². The van der Waals surface area contributed by atoms with Crippen LogP contribution in [0.25, 0.3) is 0 Å².